The summed E-state index contributed by atoms with van der Waals surface area (Å²) in [7, 11) is 0. The van der Waals surface area contributed by atoms with Crippen LogP contribution in [0.3, 0.4) is 0 Å². The predicted molar refractivity (Wildman–Crippen MR) is 107 cm³/mol. The van der Waals surface area contributed by atoms with Gasteiger partial charge in [-0.25, -0.2) is 4.79 Å². The number of amides is 2. The molecule has 2 atom stereocenters. The summed E-state index contributed by atoms with van der Waals surface area (Å²) in [5.41, 5.74) is -0.550. The minimum absolute atomic E-state index is 0.0235. The van der Waals surface area contributed by atoms with Crippen LogP contribution in [0.2, 0.25) is 0 Å². The Morgan fingerprint density at radius 1 is 1.19 bits per heavy atom. The number of carbonyl (C=O) groups excluding carboxylic acids is 2. The molecule has 1 fully saturated rings. The first-order valence-electron chi connectivity index (χ1n) is 10.0. The number of halogens is 3. The molecule has 2 heterocycles. The summed E-state index contributed by atoms with van der Waals surface area (Å²) in [5, 5.41) is 16.3. The highest BCUT2D eigenvalue weighted by Crippen LogP contribution is 2.29. The molecule has 0 aromatic carbocycles. The summed E-state index contributed by atoms with van der Waals surface area (Å²) in [6, 6.07) is -0.104. The van der Waals surface area contributed by atoms with Crippen LogP contribution in [0, 0.1) is 16.7 Å². The van der Waals surface area contributed by atoms with Crippen LogP contribution in [0.1, 0.15) is 34.1 Å². The maximum Gasteiger partial charge on any atom is 0.490 e. The monoisotopic (exact) mass is 451 g/mol. The minimum atomic E-state index is -5.08. The van der Waals surface area contributed by atoms with E-state index < -0.39 is 12.1 Å². The van der Waals surface area contributed by atoms with Gasteiger partial charge in [0.1, 0.15) is 0 Å². The average Bonchev–Trinajstić information content (AvgIpc) is 2.58. The number of alkyl halides is 3. The third-order valence-electron chi connectivity index (χ3n) is 5.15. The van der Waals surface area contributed by atoms with Crippen LogP contribution in [0.15, 0.2) is 12.2 Å². The molecule has 1 spiro atoms. The van der Waals surface area contributed by atoms with Gasteiger partial charge in [-0.3, -0.25) is 9.59 Å². The molecule has 8 nitrogen and oxygen atoms in total. The van der Waals surface area contributed by atoms with Crippen molar-refractivity contribution in [2.45, 2.75) is 46.3 Å². The molecule has 0 radical (unpaired) electrons. The molecule has 2 aliphatic heterocycles. The second-order valence-corrected chi connectivity index (χ2v) is 8.94. The lowest BCUT2D eigenvalue weighted by molar-refractivity contribution is -0.192. The molecule has 0 aliphatic carbocycles. The fourth-order valence-electron chi connectivity index (χ4n) is 2.98. The van der Waals surface area contributed by atoms with E-state index in [1.807, 2.05) is 39.8 Å². The summed E-state index contributed by atoms with van der Waals surface area (Å²) in [6.45, 7) is 10.7. The van der Waals surface area contributed by atoms with Gasteiger partial charge >= 0.3 is 12.1 Å². The van der Waals surface area contributed by atoms with Crippen molar-refractivity contribution in [3.05, 3.63) is 12.2 Å². The molecule has 178 valence electrons. The smallest absolute Gasteiger partial charge is 0.475 e. The van der Waals surface area contributed by atoms with Gasteiger partial charge < -0.3 is 25.8 Å². The van der Waals surface area contributed by atoms with Crippen molar-refractivity contribution >= 4 is 17.8 Å². The van der Waals surface area contributed by atoms with Crippen LogP contribution in [0.5, 0.6) is 0 Å². The van der Waals surface area contributed by atoms with Gasteiger partial charge in [0.25, 0.3) is 0 Å². The van der Waals surface area contributed by atoms with Gasteiger partial charge in [0.15, 0.2) is 0 Å². The predicted octanol–water partition coefficient (Wildman–Crippen LogP) is 1.47. The van der Waals surface area contributed by atoms with Gasteiger partial charge in [0.2, 0.25) is 11.8 Å². The summed E-state index contributed by atoms with van der Waals surface area (Å²) in [6.07, 6.45) is -0.417. The number of carboxylic acid groups (broad SMARTS) is 1. The Morgan fingerprint density at radius 2 is 1.77 bits per heavy atom. The van der Waals surface area contributed by atoms with Crippen molar-refractivity contribution in [2.24, 2.45) is 16.7 Å². The topological polar surface area (TPSA) is 117 Å². The van der Waals surface area contributed by atoms with Crippen molar-refractivity contribution in [3.63, 3.8) is 0 Å². The van der Waals surface area contributed by atoms with E-state index in [9.17, 15) is 22.8 Å². The molecule has 31 heavy (non-hydrogen) atoms. The molecule has 2 rings (SSSR count). The Labute approximate surface area is 180 Å². The molecule has 4 N–H and O–H groups in total. The number of allylic oxidation sites excluding steroid dienone is 1. The highest BCUT2D eigenvalue weighted by molar-refractivity contribution is 5.85. The lowest BCUT2D eigenvalue weighted by atomic mass is 9.77. The fraction of sp³-hybridized carbons (Fsp3) is 0.750. The van der Waals surface area contributed by atoms with Crippen LogP contribution in [0.4, 0.5) is 13.2 Å². The largest absolute Gasteiger partial charge is 0.490 e. The van der Waals surface area contributed by atoms with Crippen molar-refractivity contribution in [1.29, 1.82) is 0 Å². The average molecular weight is 451 g/mol. The SMILES string of the molecule is C[C@@H]1CNC(=O)C(C(C)(C)C)COC/C=C/CC2(CNC2)C(=O)N1.O=C(O)C(F)(F)F. The van der Waals surface area contributed by atoms with Crippen LogP contribution in [-0.4, -0.2) is 68.0 Å². The number of rotatable bonds is 0. The third kappa shape index (κ3) is 8.48. The molecular weight excluding hydrogens is 419 g/mol. The van der Waals surface area contributed by atoms with Crippen LogP contribution < -0.4 is 16.0 Å². The minimum Gasteiger partial charge on any atom is -0.475 e. The van der Waals surface area contributed by atoms with E-state index in [1.165, 1.54) is 0 Å². The van der Waals surface area contributed by atoms with E-state index in [0.29, 0.717) is 39.3 Å². The van der Waals surface area contributed by atoms with Crippen molar-refractivity contribution in [2.75, 3.05) is 32.8 Å². The van der Waals surface area contributed by atoms with Gasteiger partial charge in [-0.15, -0.1) is 0 Å². The Bertz CT molecular complexity index is 670. The summed E-state index contributed by atoms with van der Waals surface area (Å²) >= 11 is 0. The van der Waals surface area contributed by atoms with E-state index in [0.717, 1.165) is 0 Å². The zero-order chi connectivity index (χ0) is 23.9. The number of nitrogens with one attached hydrogen (secondary N) is 3. The third-order valence-corrected chi connectivity index (χ3v) is 5.15. The van der Waals surface area contributed by atoms with Gasteiger partial charge in [-0.05, 0) is 18.8 Å². The molecule has 0 bridgehead atoms. The highest BCUT2D eigenvalue weighted by atomic mass is 19.4. The quantitative estimate of drug-likeness (QED) is 0.415. The summed E-state index contributed by atoms with van der Waals surface area (Å²) in [4.78, 5) is 34.0. The Balaban J connectivity index is 0.000000592. The molecule has 2 aliphatic rings. The maximum absolute atomic E-state index is 12.6. The molecule has 0 aromatic rings. The van der Waals surface area contributed by atoms with Crippen molar-refractivity contribution in [3.8, 4) is 0 Å². The lowest BCUT2D eigenvalue weighted by Gasteiger charge is -2.41. The second kappa shape index (κ2) is 10.9. The first kappa shape index (κ1) is 26.9. The highest BCUT2D eigenvalue weighted by Gasteiger charge is 2.43. The molecule has 11 heteroatoms. The van der Waals surface area contributed by atoms with Gasteiger partial charge in [0.05, 0.1) is 24.5 Å². The number of aliphatic carboxylic acids is 1. The number of carbonyl (C=O) groups is 3. The van der Waals surface area contributed by atoms with E-state index in [1.54, 1.807) is 0 Å². The van der Waals surface area contributed by atoms with E-state index >= 15 is 0 Å². The van der Waals surface area contributed by atoms with Gasteiger partial charge in [-0.1, -0.05) is 32.9 Å². The first-order chi connectivity index (χ1) is 14.2. The second-order valence-electron chi connectivity index (χ2n) is 8.94. The van der Waals surface area contributed by atoms with Crippen molar-refractivity contribution in [1.82, 2.24) is 16.0 Å². The zero-order valence-electron chi connectivity index (χ0n) is 18.3. The van der Waals surface area contributed by atoms with E-state index in [4.69, 9.17) is 14.6 Å². The number of carboxylic acids is 1. The summed E-state index contributed by atoms with van der Waals surface area (Å²) < 4.78 is 37.4. The van der Waals surface area contributed by atoms with Crippen LogP contribution in [0.25, 0.3) is 0 Å². The normalized spacial score (nSPS) is 26.3. The van der Waals surface area contributed by atoms with Gasteiger partial charge in [0, 0.05) is 25.7 Å². The Morgan fingerprint density at radius 3 is 2.23 bits per heavy atom. The molecule has 1 unspecified atom stereocenters. The van der Waals surface area contributed by atoms with Crippen LogP contribution in [-0.2, 0) is 19.1 Å². The van der Waals surface area contributed by atoms with Crippen molar-refractivity contribution < 1.29 is 37.4 Å². The molecular formula is C20H32F3N3O5. The van der Waals surface area contributed by atoms with Crippen LogP contribution >= 0.6 is 0 Å². The fourth-order valence-corrected chi connectivity index (χ4v) is 2.98. The number of hydrogen-bond acceptors (Lipinski definition) is 5. The Hall–Kier alpha value is -2.14. The lowest BCUT2D eigenvalue weighted by Crippen LogP contribution is -2.62. The molecule has 2 amide bonds. The van der Waals surface area contributed by atoms with Gasteiger partial charge in [-0.2, -0.15) is 13.2 Å². The molecule has 1 saturated heterocycles. The number of hydrogen-bond donors (Lipinski definition) is 4. The number of ether oxygens (including phenoxy) is 1. The summed E-state index contributed by atoms with van der Waals surface area (Å²) in [5.74, 6) is -2.95. The maximum atomic E-state index is 12.6. The first-order valence-corrected chi connectivity index (χ1v) is 10.0. The standard InChI is InChI=1S/C18H31N3O3.C2HF3O2/c1-13-9-20-15(22)14(17(2,3)4)10-24-8-6-5-7-18(11-19-12-18)16(23)21-13;3-2(4,5)1(6)7/h5-6,13-14,19H,7-12H2,1-4H3,(H,20,22)(H,21,23);(H,6,7)/b6-5+;/t13-,14?;/m1./s1. The molecule has 0 saturated carbocycles. The van der Waals surface area contributed by atoms with E-state index in [2.05, 4.69) is 16.0 Å². The Kier molecular flexibility index (Phi) is 9.49. The molecule has 0 aromatic heterocycles. The zero-order valence-corrected chi connectivity index (χ0v) is 18.3. The van der Waals surface area contributed by atoms with E-state index in [-0.39, 0.29) is 34.6 Å².